The smallest absolute Gasteiger partial charge is 0.274 e. The Morgan fingerprint density at radius 2 is 1.75 bits per heavy atom. The summed E-state index contributed by atoms with van der Waals surface area (Å²) < 4.78 is 0. The SMILES string of the molecule is Cc1ccc2[nH]c(=O)c(-c3ccc(N=Nc4c(N)n[nH]c4N)cc3)nc2c1C. The highest BCUT2D eigenvalue weighted by molar-refractivity contribution is 5.81. The van der Waals surface area contributed by atoms with E-state index in [0.29, 0.717) is 22.6 Å². The van der Waals surface area contributed by atoms with E-state index in [9.17, 15) is 4.79 Å². The van der Waals surface area contributed by atoms with Gasteiger partial charge in [-0.05, 0) is 43.2 Å². The van der Waals surface area contributed by atoms with Gasteiger partial charge in [-0.1, -0.05) is 18.2 Å². The fourth-order valence-corrected chi connectivity index (χ4v) is 2.85. The summed E-state index contributed by atoms with van der Waals surface area (Å²) in [5.41, 5.74) is 16.7. The van der Waals surface area contributed by atoms with Crippen molar-refractivity contribution in [2.45, 2.75) is 13.8 Å². The highest BCUT2D eigenvalue weighted by Crippen LogP contribution is 2.29. The van der Waals surface area contributed by atoms with Crippen LogP contribution in [0, 0.1) is 13.8 Å². The fraction of sp³-hybridized carbons (Fsp3) is 0.105. The van der Waals surface area contributed by atoms with Gasteiger partial charge in [0.15, 0.2) is 11.5 Å². The van der Waals surface area contributed by atoms with Gasteiger partial charge in [0.2, 0.25) is 0 Å². The number of aryl methyl sites for hydroxylation is 2. The monoisotopic (exact) mass is 374 g/mol. The molecule has 2 aromatic heterocycles. The first-order valence-electron chi connectivity index (χ1n) is 8.56. The van der Waals surface area contributed by atoms with Crippen LogP contribution in [0.5, 0.6) is 0 Å². The largest absolute Gasteiger partial charge is 0.382 e. The van der Waals surface area contributed by atoms with Crippen molar-refractivity contribution < 1.29 is 0 Å². The van der Waals surface area contributed by atoms with Crippen LogP contribution < -0.4 is 17.0 Å². The second-order valence-corrected chi connectivity index (χ2v) is 6.44. The predicted octanol–water partition coefficient (Wildman–Crippen LogP) is 3.51. The van der Waals surface area contributed by atoms with E-state index in [2.05, 4.69) is 30.4 Å². The predicted molar refractivity (Wildman–Crippen MR) is 109 cm³/mol. The van der Waals surface area contributed by atoms with Crippen molar-refractivity contribution in [1.82, 2.24) is 20.2 Å². The summed E-state index contributed by atoms with van der Waals surface area (Å²) in [6, 6.07) is 10.8. The summed E-state index contributed by atoms with van der Waals surface area (Å²) >= 11 is 0. The molecule has 2 heterocycles. The van der Waals surface area contributed by atoms with E-state index in [4.69, 9.17) is 11.5 Å². The molecule has 0 saturated heterocycles. The zero-order valence-electron chi connectivity index (χ0n) is 15.3. The van der Waals surface area contributed by atoms with Gasteiger partial charge in [0.25, 0.3) is 5.56 Å². The minimum absolute atomic E-state index is 0.176. The van der Waals surface area contributed by atoms with Crippen LogP contribution in [0.4, 0.5) is 23.0 Å². The molecular formula is C19H18N8O. The molecule has 0 spiro atoms. The Morgan fingerprint density at radius 1 is 1.00 bits per heavy atom. The number of aromatic nitrogens is 4. The lowest BCUT2D eigenvalue weighted by Crippen LogP contribution is -2.12. The topological polar surface area (TPSA) is 151 Å². The maximum Gasteiger partial charge on any atom is 0.274 e. The number of fused-ring (bicyclic) bond motifs is 1. The van der Waals surface area contributed by atoms with E-state index in [1.165, 1.54) is 0 Å². The number of anilines is 2. The Kier molecular flexibility index (Phi) is 4.11. The second-order valence-electron chi connectivity index (χ2n) is 6.44. The van der Waals surface area contributed by atoms with Crippen molar-refractivity contribution in [2.75, 3.05) is 11.5 Å². The minimum Gasteiger partial charge on any atom is -0.382 e. The molecule has 4 aromatic rings. The average Bonchev–Trinajstić information content (AvgIpc) is 3.01. The molecule has 0 atom stereocenters. The van der Waals surface area contributed by atoms with E-state index in [-0.39, 0.29) is 17.2 Å². The Hall–Kier alpha value is -4.01. The molecule has 140 valence electrons. The van der Waals surface area contributed by atoms with Gasteiger partial charge < -0.3 is 16.5 Å². The average molecular weight is 374 g/mol. The number of nitrogen functional groups attached to an aromatic ring is 2. The molecule has 9 heteroatoms. The summed E-state index contributed by atoms with van der Waals surface area (Å²) in [6.45, 7) is 4.00. The van der Waals surface area contributed by atoms with Gasteiger partial charge in [0.05, 0.1) is 16.7 Å². The van der Waals surface area contributed by atoms with Crippen LogP contribution in [-0.2, 0) is 0 Å². The van der Waals surface area contributed by atoms with E-state index < -0.39 is 0 Å². The zero-order valence-corrected chi connectivity index (χ0v) is 15.3. The molecule has 0 aliphatic heterocycles. The van der Waals surface area contributed by atoms with Gasteiger partial charge in [-0.15, -0.1) is 5.11 Å². The third-order valence-corrected chi connectivity index (χ3v) is 4.59. The summed E-state index contributed by atoms with van der Waals surface area (Å²) in [5.74, 6) is 0.422. The summed E-state index contributed by atoms with van der Waals surface area (Å²) in [5, 5.41) is 14.4. The van der Waals surface area contributed by atoms with Crippen LogP contribution in [0.25, 0.3) is 22.3 Å². The maximum atomic E-state index is 12.5. The summed E-state index contributed by atoms with van der Waals surface area (Å²) in [7, 11) is 0. The van der Waals surface area contributed by atoms with Crippen LogP contribution in [-0.4, -0.2) is 20.2 Å². The van der Waals surface area contributed by atoms with Gasteiger partial charge in [-0.3, -0.25) is 9.89 Å². The van der Waals surface area contributed by atoms with Crippen LogP contribution in [0.2, 0.25) is 0 Å². The number of H-pyrrole nitrogens is 2. The van der Waals surface area contributed by atoms with Gasteiger partial charge in [0, 0.05) is 5.56 Å². The third-order valence-electron chi connectivity index (χ3n) is 4.59. The van der Waals surface area contributed by atoms with Crippen LogP contribution in [0.3, 0.4) is 0 Å². The Labute approximate surface area is 159 Å². The quantitative estimate of drug-likeness (QED) is 0.404. The molecule has 9 nitrogen and oxygen atoms in total. The highest BCUT2D eigenvalue weighted by Gasteiger charge is 2.10. The van der Waals surface area contributed by atoms with Crippen molar-refractivity contribution in [1.29, 1.82) is 0 Å². The lowest BCUT2D eigenvalue weighted by Gasteiger charge is -2.07. The molecule has 0 radical (unpaired) electrons. The molecule has 0 unspecified atom stereocenters. The van der Waals surface area contributed by atoms with Gasteiger partial charge in [-0.2, -0.15) is 10.2 Å². The van der Waals surface area contributed by atoms with Gasteiger partial charge in [-0.25, -0.2) is 4.98 Å². The fourth-order valence-electron chi connectivity index (χ4n) is 2.85. The van der Waals surface area contributed by atoms with E-state index in [0.717, 1.165) is 22.2 Å². The molecule has 0 aliphatic carbocycles. The Morgan fingerprint density at radius 3 is 2.43 bits per heavy atom. The first-order chi connectivity index (χ1) is 13.4. The number of benzene rings is 2. The molecule has 0 bridgehead atoms. The number of nitrogens with two attached hydrogens (primary N) is 2. The number of hydrogen-bond donors (Lipinski definition) is 4. The molecule has 0 fully saturated rings. The minimum atomic E-state index is -0.246. The highest BCUT2D eigenvalue weighted by atomic mass is 16.1. The van der Waals surface area contributed by atoms with Gasteiger partial charge >= 0.3 is 0 Å². The van der Waals surface area contributed by atoms with Crippen molar-refractivity contribution in [3.8, 4) is 11.3 Å². The molecule has 6 N–H and O–H groups in total. The number of aromatic amines is 2. The number of nitrogens with zero attached hydrogens (tertiary/aromatic N) is 4. The van der Waals surface area contributed by atoms with Crippen molar-refractivity contribution in [3.63, 3.8) is 0 Å². The lowest BCUT2D eigenvalue weighted by atomic mass is 10.1. The Balaban J connectivity index is 1.70. The van der Waals surface area contributed by atoms with Crippen molar-refractivity contribution >= 4 is 34.0 Å². The number of rotatable bonds is 3. The van der Waals surface area contributed by atoms with Crippen LogP contribution in [0.15, 0.2) is 51.4 Å². The first kappa shape index (κ1) is 17.4. The number of hydrogen-bond acceptors (Lipinski definition) is 7. The standard InChI is InChI=1S/C19H18N8O/c1-9-3-8-13-14(10(9)2)23-15(19(28)22-13)11-4-6-12(7-5-11)24-25-16-17(20)26-27-18(16)21/h3-8H,1-2H3,(H,22,28)(H5,20,21,26,27). The molecule has 4 rings (SSSR count). The lowest BCUT2D eigenvalue weighted by molar-refractivity contribution is 1.11. The van der Waals surface area contributed by atoms with Crippen molar-refractivity contribution in [3.05, 3.63) is 57.9 Å². The van der Waals surface area contributed by atoms with E-state index in [1.54, 1.807) is 24.3 Å². The van der Waals surface area contributed by atoms with E-state index in [1.807, 2.05) is 26.0 Å². The molecule has 2 aromatic carbocycles. The molecular weight excluding hydrogens is 356 g/mol. The van der Waals surface area contributed by atoms with Crippen LogP contribution >= 0.6 is 0 Å². The molecule has 0 amide bonds. The molecule has 0 aliphatic rings. The number of nitrogens with one attached hydrogen (secondary N) is 2. The zero-order chi connectivity index (χ0) is 19.8. The molecule has 28 heavy (non-hydrogen) atoms. The molecule has 0 saturated carbocycles. The van der Waals surface area contributed by atoms with Crippen LogP contribution in [0.1, 0.15) is 11.1 Å². The first-order valence-corrected chi connectivity index (χ1v) is 8.56. The maximum absolute atomic E-state index is 12.5. The summed E-state index contributed by atoms with van der Waals surface area (Å²) in [4.78, 5) is 20.0. The van der Waals surface area contributed by atoms with E-state index >= 15 is 0 Å². The Bertz CT molecular complexity index is 1250. The van der Waals surface area contributed by atoms with Gasteiger partial charge in [0.1, 0.15) is 11.5 Å². The number of azo groups is 1. The summed E-state index contributed by atoms with van der Waals surface area (Å²) in [6.07, 6.45) is 0. The van der Waals surface area contributed by atoms with Crippen molar-refractivity contribution in [2.24, 2.45) is 10.2 Å². The third kappa shape index (κ3) is 2.98. The normalized spacial score (nSPS) is 11.5. The second kappa shape index (κ2) is 6.62.